The molecule has 0 aromatic rings. The number of carbonyl (C=O) groups excluding carboxylic acids is 2. The van der Waals surface area contributed by atoms with Crippen LogP contribution >= 0.6 is 0 Å². The van der Waals surface area contributed by atoms with E-state index in [0.717, 1.165) is 0 Å². The van der Waals surface area contributed by atoms with Gasteiger partial charge in [0.15, 0.2) is 0 Å². The van der Waals surface area contributed by atoms with Gasteiger partial charge in [-0.3, -0.25) is 8.98 Å². The van der Waals surface area contributed by atoms with Crippen molar-refractivity contribution < 1.29 is 31.7 Å². The minimum Gasteiger partial charge on any atom is -0.469 e. The number of hydrogen-bond acceptors (Lipinski definition) is 7. The summed E-state index contributed by atoms with van der Waals surface area (Å²) in [6.07, 6.45) is -0.738. The van der Waals surface area contributed by atoms with E-state index >= 15 is 0 Å². The van der Waals surface area contributed by atoms with Crippen LogP contribution in [0.3, 0.4) is 0 Å². The Balaban J connectivity index is 1.89. The van der Waals surface area contributed by atoms with Crippen LogP contribution in [0.5, 0.6) is 0 Å². The fraction of sp³-hybridized carbons (Fsp3) is 0.714. The van der Waals surface area contributed by atoms with Crippen LogP contribution in [-0.4, -0.2) is 44.9 Å². The molecule has 1 saturated heterocycles. The monoisotopic (exact) mass is 330 g/mol. The predicted octanol–water partition coefficient (Wildman–Crippen LogP) is 0.400. The number of rotatable bonds is 4. The highest BCUT2D eigenvalue weighted by Gasteiger charge is 2.70. The van der Waals surface area contributed by atoms with E-state index in [9.17, 15) is 18.0 Å². The van der Waals surface area contributed by atoms with Crippen molar-refractivity contribution >= 4 is 22.1 Å². The molecule has 0 aromatic carbocycles. The van der Waals surface area contributed by atoms with Crippen LogP contribution in [0.15, 0.2) is 12.2 Å². The lowest BCUT2D eigenvalue weighted by atomic mass is 9.82. The van der Waals surface area contributed by atoms with Crippen molar-refractivity contribution in [2.75, 3.05) is 7.11 Å². The van der Waals surface area contributed by atoms with Gasteiger partial charge in [-0.25, -0.2) is 4.79 Å². The van der Waals surface area contributed by atoms with Gasteiger partial charge in [0.25, 0.3) is 10.1 Å². The lowest BCUT2D eigenvalue weighted by Gasteiger charge is -2.30. The molecule has 7 nitrogen and oxygen atoms in total. The van der Waals surface area contributed by atoms with E-state index in [-0.39, 0.29) is 23.8 Å². The standard InChI is InChI=1S/C14H18O7S/c1-6(2)14(16)20-11-7-4-9-12(11)21-22(17,18)13(9)8(7)5-10(15)19-3/h7-9,11-13H,1,4-5H2,2-3H3. The summed E-state index contributed by atoms with van der Waals surface area (Å²) in [4.78, 5) is 23.4. The summed E-state index contributed by atoms with van der Waals surface area (Å²) in [6, 6.07) is 0. The topological polar surface area (TPSA) is 96.0 Å². The van der Waals surface area contributed by atoms with Crippen molar-refractivity contribution in [3.63, 3.8) is 0 Å². The second-order valence-corrected chi connectivity index (χ2v) is 7.90. The number of ether oxygens (including phenoxy) is 2. The third-order valence-electron chi connectivity index (χ3n) is 4.91. The molecule has 8 heteroatoms. The van der Waals surface area contributed by atoms with Crippen molar-refractivity contribution in [3.8, 4) is 0 Å². The molecular weight excluding hydrogens is 312 g/mol. The molecule has 3 rings (SSSR count). The summed E-state index contributed by atoms with van der Waals surface area (Å²) in [7, 11) is -2.48. The molecule has 3 aliphatic rings. The summed E-state index contributed by atoms with van der Waals surface area (Å²) >= 11 is 0. The lowest BCUT2D eigenvalue weighted by Crippen LogP contribution is -2.43. The average molecular weight is 330 g/mol. The Morgan fingerprint density at radius 3 is 2.59 bits per heavy atom. The molecule has 0 aromatic heterocycles. The molecule has 6 unspecified atom stereocenters. The molecule has 1 heterocycles. The van der Waals surface area contributed by atoms with E-state index in [0.29, 0.717) is 6.42 Å². The molecule has 0 amide bonds. The van der Waals surface area contributed by atoms with Crippen LogP contribution in [0.2, 0.25) is 0 Å². The number of hydrogen-bond donors (Lipinski definition) is 0. The van der Waals surface area contributed by atoms with Gasteiger partial charge in [0.1, 0.15) is 12.2 Å². The molecule has 0 N–H and O–H groups in total. The van der Waals surface area contributed by atoms with Crippen LogP contribution in [0, 0.1) is 17.8 Å². The Morgan fingerprint density at radius 1 is 1.32 bits per heavy atom. The van der Waals surface area contributed by atoms with E-state index in [1.165, 1.54) is 14.0 Å². The maximum atomic E-state index is 12.2. The van der Waals surface area contributed by atoms with Gasteiger partial charge in [-0.2, -0.15) is 8.42 Å². The van der Waals surface area contributed by atoms with Gasteiger partial charge in [0.2, 0.25) is 0 Å². The number of methoxy groups -OCH3 is 1. The van der Waals surface area contributed by atoms with Gasteiger partial charge in [-0.1, -0.05) is 6.58 Å². The van der Waals surface area contributed by atoms with Gasteiger partial charge in [-0.15, -0.1) is 0 Å². The third-order valence-corrected chi connectivity index (χ3v) is 6.76. The second kappa shape index (κ2) is 5.06. The molecule has 1 aliphatic heterocycles. The minimum atomic E-state index is -3.74. The third kappa shape index (κ3) is 2.16. The summed E-state index contributed by atoms with van der Waals surface area (Å²) in [5, 5.41) is -0.707. The fourth-order valence-corrected chi connectivity index (χ4v) is 6.18. The zero-order chi connectivity index (χ0) is 16.2. The van der Waals surface area contributed by atoms with Gasteiger partial charge in [0.05, 0.1) is 18.8 Å². The Hall–Kier alpha value is -1.41. The van der Waals surface area contributed by atoms with Crippen LogP contribution in [-0.2, 0) is 33.4 Å². The first-order valence-corrected chi connectivity index (χ1v) is 8.59. The Morgan fingerprint density at radius 2 is 2.00 bits per heavy atom. The minimum absolute atomic E-state index is 0.0151. The maximum absolute atomic E-state index is 12.2. The van der Waals surface area contributed by atoms with Gasteiger partial charge < -0.3 is 9.47 Å². The first-order chi connectivity index (χ1) is 10.3. The molecular formula is C14H18O7S. The average Bonchev–Trinajstić information content (AvgIpc) is 3.01. The first kappa shape index (κ1) is 15.5. The van der Waals surface area contributed by atoms with E-state index in [1.54, 1.807) is 0 Å². The predicted molar refractivity (Wildman–Crippen MR) is 74.0 cm³/mol. The van der Waals surface area contributed by atoms with E-state index in [1.807, 2.05) is 0 Å². The largest absolute Gasteiger partial charge is 0.469 e. The van der Waals surface area contributed by atoms with E-state index < -0.39 is 45.4 Å². The zero-order valence-corrected chi connectivity index (χ0v) is 13.2. The highest BCUT2D eigenvalue weighted by molar-refractivity contribution is 7.87. The molecule has 2 saturated carbocycles. The molecule has 6 atom stereocenters. The number of carbonyl (C=O) groups is 2. The summed E-state index contributed by atoms with van der Waals surface area (Å²) < 4.78 is 39.6. The smallest absolute Gasteiger partial charge is 0.333 e. The quantitative estimate of drug-likeness (QED) is 0.418. The molecule has 2 bridgehead atoms. The molecule has 22 heavy (non-hydrogen) atoms. The molecule has 3 fully saturated rings. The SMILES string of the molecule is C=C(C)C(=O)OC1C2CC3C1OS(=O)(=O)C3C2CC(=O)OC. The summed E-state index contributed by atoms with van der Waals surface area (Å²) in [5.74, 6) is -1.92. The van der Waals surface area contributed by atoms with E-state index in [4.69, 9.17) is 8.92 Å². The second-order valence-electron chi connectivity index (χ2n) is 6.18. The van der Waals surface area contributed by atoms with Crippen molar-refractivity contribution in [1.82, 2.24) is 0 Å². The number of fused-ring (bicyclic) bond motifs is 1. The molecule has 122 valence electrons. The highest BCUT2D eigenvalue weighted by atomic mass is 32.2. The number of esters is 2. The van der Waals surface area contributed by atoms with Gasteiger partial charge in [0, 0.05) is 17.4 Å². The normalized spacial score (nSPS) is 40.5. The van der Waals surface area contributed by atoms with Gasteiger partial charge in [-0.05, 0) is 19.3 Å². The van der Waals surface area contributed by atoms with Crippen molar-refractivity contribution in [2.45, 2.75) is 37.2 Å². The molecule has 0 radical (unpaired) electrons. The van der Waals surface area contributed by atoms with Crippen molar-refractivity contribution in [3.05, 3.63) is 12.2 Å². The Bertz CT molecular complexity index is 638. The van der Waals surface area contributed by atoms with E-state index in [2.05, 4.69) is 11.3 Å². The summed E-state index contributed by atoms with van der Waals surface area (Å²) in [6.45, 7) is 5.05. The lowest BCUT2D eigenvalue weighted by molar-refractivity contribution is -0.153. The van der Waals surface area contributed by atoms with Crippen LogP contribution in [0.25, 0.3) is 0 Å². The van der Waals surface area contributed by atoms with Crippen LogP contribution in [0.1, 0.15) is 19.8 Å². The maximum Gasteiger partial charge on any atom is 0.333 e. The van der Waals surface area contributed by atoms with Crippen molar-refractivity contribution in [1.29, 1.82) is 0 Å². The zero-order valence-electron chi connectivity index (χ0n) is 12.4. The molecule has 2 aliphatic carbocycles. The highest BCUT2D eigenvalue weighted by Crippen LogP contribution is 2.59. The Labute approximate surface area is 128 Å². The van der Waals surface area contributed by atoms with Gasteiger partial charge >= 0.3 is 11.9 Å². The van der Waals surface area contributed by atoms with Crippen LogP contribution in [0.4, 0.5) is 0 Å². The van der Waals surface area contributed by atoms with Crippen LogP contribution < -0.4 is 0 Å². The molecule has 0 spiro atoms. The summed E-state index contributed by atoms with van der Waals surface area (Å²) in [5.41, 5.74) is 0.240. The fourth-order valence-electron chi connectivity index (χ4n) is 4.07. The van der Waals surface area contributed by atoms with Crippen molar-refractivity contribution in [2.24, 2.45) is 17.8 Å². The Kier molecular flexibility index (Phi) is 3.56. The first-order valence-electron chi connectivity index (χ1n) is 7.11.